The highest BCUT2D eigenvalue weighted by Crippen LogP contribution is 2.04. The predicted molar refractivity (Wildman–Crippen MR) is 61.9 cm³/mol. The summed E-state index contributed by atoms with van der Waals surface area (Å²) in [7, 11) is 0. The summed E-state index contributed by atoms with van der Waals surface area (Å²) in [4.78, 5) is 22.1. The first-order chi connectivity index (χ1) is 7.36. The van der Waals surface area contributed by atoms with Crippen LogP contribution in [-0.4, -0.2) is 29.1 Å². The number of amides is 1. The Kier molecular flexibility index (Phi) is 6.72. The number of carboxylic acid groups (broad SMARTS) is 1. The molecule has 0 rings (SSSR count). The first-order valence-corrected chi connectivity index (χ1v) is 5.64. The van der Waals surface area contributed by atoms with Crippen LogP contribution in [0, 0.1) is 5.92 Å². The number of hydrogen-bond acceptors (Lipinski definition) is 3. The lowest BCUT2D eigenvalue weighted by Gasteiger charge is -2.19. The van der Waals surface area contributed by atoms with Gasteiger partial charge in [0.25, 0.3) is 0 Å². The van der Waals surface area contributed by atoms with E-state index in [4.69, 9.17) is 10.8 Å². The van der Waals surface area contributed by atoms with Crippen molar-refractivity contribution in [3.05, 3.63) is 0 Å². The molecule has 0 saturated heterocycles. The Bertz CT molecular complexity index is 241. The second-order valence-corrected chi connectivity index (χ2v) is 4.45. The van der Waals surface area contributed by atoms with Gasteiger partial charge in [0, 0.05) is 6.04 Å². The van der Waals surface area contributed by atoms with Crippen molar-refractivity contribution in [2.45, 2.75) is 52.1 Å². The molecule has 0 aromatic carbocycles. The number of hydrogen-bond donors (Lipinski definition) is 3. The largest absolute Gasteiger partial charge is 0.481 e. The zero-order valence-corrected chi connectivity index (χ0v) is 10.2. The van der Waals surface area contributed by atoms with Crippen LogP contribution < -0.4 is 11.1 Å². The van der Waals surface area contributed by atoms with Gasteiger partial charge in [-0.05, 0) is 18.8 Å². The minimum Gasteiger partial charge on any atom is -0.481 e. The average molecular weight is 230 g/mol. The van der Waals surface area contributed by atoms with E-state index in [0.717, 1.165) is 0 Å². The van der Waals surface area contributed by atoms with Gasteiger partial charge >= 0.3 is 5.97 Å². The molecule has 0 bridgehead atoms. The van der Waals surface area contributed by atoms with Crippen LogP contribution >= 0.6 is 0 Å². The number of carbonyl (C=O) groups excluding carboxylic acids is 1. The minimum atomic E-state index is -0.912. The summed E-state index contributed by atoms with van der Waals surface area (Å²) in [6.45, 7) is 5.81. The molecule has 5 nitrogen and oxygen atoms in total. The van der Waals surface area contributed by atoms with E-state index in [1.165, 1.54) is 0 Å². The van der Waals surface area contributed by atoms with Crippen LogP contribution in [0.4, 0.5) is 0 Å². The van der Waals surface area contributed by atoms with Crippen LogP contribution in [0.3, 0.4) is 0 Å². The molecular weight excluding hydrogens is 208 g/mol. The van der Waals surface area contributed by atoms with E-state index in [1.54, 1.807) is 0 Å². The SMILES string of the molecule is CCC(CC(=O)O)NC(=O)[C@@H](N)CC(C)C. The fraction of sp³-hybridized carbons (Fsp3) is 0.818. The predicted octanol–water partition coefficient (Wildman–Crippen LogP) is 0.729. The summed E-state index contributed by atoms with van der Waals surface area (Å²) in [5.74, 6) is -0.827. The lowest BCUT2D eigenvalue weighted by atomic mass is 10.0. The fourth-order valence-corrected chi connectivity index (χ4v) is 1.43. The van der Waals surface area contributed by atoms with Crippen molar-refractivity contribution in [3.8, 4) is 0 Å². The minimum absolute atomic E-state index is 0.0589. The first kappa shape index (κ1) is 14.9. The molecule has 1 amide bonds. The monoisotopic (exact) mass is 230 g/mol. The number of carboxylic acids is 1. The Hall–Kier alpha value is -1.10. The summed E-state index contributed by atoms with van der Waals surface area (Å²) in [6, 6.07) is -0.883. The topological polar surface area (TPSA) is 92.4 Å². The van der Waals surface area contributed by atoms with E-state index in [2.05, 4.69) is 5.32 Å². The van der Waals surface area contributed by atoms with Crippen molar-refractivity contribution < 1.29 is 14.7 Å². The van der Waals surface area contributed by atoms with Gasteiger partial charge in [0.15, 0.2) is 0 Å². The molecule has 5 heteroatoms. The molecule has 0 aromatic rings. The molecule has 2 atom stereocenters. The van der Waals surface area contributed by atoms with Crippen LogP contribution in [0.15, 0.2) is 0 Å². The summed E-state index contributed by atoms with van der Waals surface area (Å²) in [6.07, 6.45) is 1.14. The van der Waals surface area contributed by atoms with Gasteiger partial charge in [0.2, 0.25) is 5.91 Å². The van der Waals surface area contributed by atoms with Crippen molar-refractivity contribution in [2.24, 2.45) is 11.7 Å². The van der Waals surface area contributed by atoms with Gasteiger partial charge in [-0.25, -0.2) is 0 Å². The molecule has 4 N–H and O–H groups in total. The smallest absolute Gasteiger partial charge is 0.305 e. The molecule has 0 saturated carbocycles. The van der Waals surface area contributed by atoms with Gasteiger partial charge in [0.05, 0.1) is 12.5 Å². The van der Waals surface area contributed by atoms with E-state index in [1.807, 2.05) is 20.8 Å². The molecule has 0 heterocycles. The molecule has 16 heavy (non-hydrogen) atoms. The normalized spacial score (nSPS) is 14.6. The van der Waals surface area contributed by atoms with Crippen LogP contribution in [0.5, 0.6) is 0 Å². The molecule has 0 fully saturated rings. The molecule has 0 aliphatic heterocycles. The van der Waals surface area contributed by atoms with E-state index in [9.17, 15) is 9.59 Å². The summed E-state index contributed by atoms with van der Waals surface area (Å²) in [5, 5.41) is 11.3. The number of carbonyl (C=O) groups is 2. The second kappa shape index (κ2) is 7.22. The highest BCUT2D eigenvalue weighted by molar-refractivity contribution is 5.82. The van der Waals surface area contributed by atoms with E-state index >= 15 is 0 Å². The van der Waals surface area contributed by atoms with E-state index < -0.39 is 12.0 Å². The Balaban J connectivity index is 4.13. The third-order valence-corrected chi connectivity index (χ3v) is 2.32. The third-order valence-electron chi connectivity index (χ3n) is 2.32. The third kappa shape index (κ3) is 6.40. The number of nitrogens with two attached hydrogens (primary N) is 1. The van der Waals surface area contributed by atoms with Gasteiger partial charge in [-0.15, -0.1) is 0 Å². The number of nitrogens with one attached hydrogen (secondary N) is 1. The van der Waals surface area contributed by atoms with Crippen molar-refractivity contribution in [3.63, 3.8) is 0 Å². The zero-order chi connectivity index (χ0) is 12.7. The van der Waals surface area contributed by atoms with E-state index in [-0.39, 0.29) is 18.4 Å². The molecule has 0 spiro atoms. The standard InChI is InChI=1S/C11H22N2O3/c1-4-8(6-10(14)15)13-11(16)9(12)5-7(2)3/h7-9H,4-6,12H2,1-3H3,(H,13,16)(H,14,15)/t8?,9-/m0/s1. The van der Waals surface area contributed by atoms with E-state index in [0.29, 0.717) is 18.8 Å². The maximum Gasteiger partial charge on any atom is 0.305 e. The lowest BCUT2D eigenvalue weighted by Crippen LogP contribution is -2.46. The Labute approximate surface area is 96.4 Å². The molecule has 1 unspecified atom stereocenters. The van der Waals surface area contributed by atoms with Gasteiger partial charge in [-0.1, -0.05) is 20.8 Å². The van der Waals surface area contributed by atoms with Crippen molar-refractivity contribution in [2.75, 3.05) is 0 Å². The molecule has 0 aromatic heterocycles. The maximum atomic E-state index is 11.6. The lowest BCUT2D eigenvalue weighted by molar-refractivity contribution is -0.137. The van der Waals surface area contributed by atoms with Crippen molar-refractivity contribution in [1.29, 1.82) is 0 Å². The summed E-state index contributed by atoms with van der Waals surface area (Å²) < 4.78 is 0. The van der Waals surface area contributed by atoms with Gasteiger partial charge < -0.3 is 16.2 Å². The average Bonchev–Trinajstić information content (AvgIpc) is 2.14. The van der Waals surface area contributed by atoms with Crippen LogP contribution in [0.1, 0.15) is 40.0 Å². The Morgan fingerprint density at radius 1 is 1.38 bits per heavy atom. The molecule has 0 radical (unpaired) electrons. The first-order valence-electron chi connectivity index (χ1n) is 5.64. The van der Waals surface area contributed by atoms with Gasteiger partial charge in [-0.3, -0.25) is 9.59 Å². The molecule has 0 aliphatic rings. The summed E-state index contributed by atoms with van der Waals surface area (Å²) >= 11 is 0. The van der Waals surface area contributed by atoms with Crippen molar-refractivity contribution in [1.82, 2.24) is 5.32 Å². The highest BCUT2D eigenvalue weighted by Gasteiger charge is 2.19. The molecule has 0 aliphatic carbocycles. The molecule has 94 valence electrons. The fourth-order valence-electron chi connectivity index (χ4n) is 1.43. The maximum absolute atomic E-state index is 11.6. The quantitative estimate of drug-likeness (QED) is 0.601. The highest BCUT2D eigenvalue weighted by atomic mass is 16.4. The van der Waals surface area contributed by atoms with Crippen LogP contribution in [0.25, 0.3) is 0 Å². The molecular formula is C11H22N2O3. The summed E-state index contributed by atoms with van der Waals surface area (Å²) in [5.41, 5.74) is 5.69. The van der Waals surface area contributed by atoms with Crippen LogP contribution in [-0.2, 0) is 9.59 Å². The Morgan fingerprint density at radius 2 is 1.94 bits per heavy atom. The van der Waals surface area contributed by atoms with Crippen molar-refractivity contribution >= 4 is 11.9 Å². The second-order valence-electron chi connectivity index (χ2n) is 4.45. The number of aliphatic carboxylic acids is 1. The Morgan fingerprint density at radius 3 is 2.31 bits per heavy atom. The van der Waals surface area contributed by atoms with Gasteiger partial charge in [0.1, 0.15) is 0 Å². The van der Waals surface area contributed by atoms with Gasteiger partial charge in [-0.2, -0.15) is 0 Å². The zero-order valence-electron chi connectivity index (χ0n) is 10.2. The number of rotatable bonds is 7. The van der Waals surface area contributed by atoms with Crippen LogP contribution in [0.2, 0.25) is 0 Å².